The van der Waals surface area contributed by atoms with Gasteiger partial charge in [0.1, 0.15) is 5.60 Å². The number of carbonyl (C=O) groups excluding carboxylic acids is 1. The summed E-state index contributed by atoms with van der Waals surface area (Å²) in [5.74, 6) is -0.234. The monoisotopic (exact) mass is 232 g/mol. The number of hydrogen-bond donors (Lipinski definition) is 1. The second-order valence-corrected chi connectivity index (χ2v) is 3.13. The van der Waals surface area contributed by atoms with Gasteiger partial charge in [-0.25, -0.2) is 0 Å². The lowest BCUT2D eigenvalue weighted by molar-refractivity contribution is -0.133. The Morgan fingerprint density at radius 2 is 1.83 bits per heavy atom. The molecule has 0 heterocycles. The molecule has 0 aromatic heterocycles. The van der Waals surface area contributed by atoms with Crippen molar-refractivity contribution in [2.24, 2.45) is 0 Å². The Morgan fingerprint density at radius 1 is 1.42 bits per heavy atom. The summed E-state index contributed by atoms with van der Waals surface area (Å²) in [4.78, 5) is 11.2. The molecule has 12 heavy (non-hydrogen) atoms. The molecule has 3 heteroatoms. The van der Waals surface area contributed by atoms with Crippen molar-refractivity contribution in [3.05, 3.63) is 25.3 Å². The first-order valence-electron chi connectivity index (χ1n) is 3.64. The lowest BCUT2D eigenvalue weighted by Crippen LogP contribution is -2.38. The molecule has 2 nitrogen and oxygen atoms in total. The highest BCUT2D eigenvalue weighted by Gasteiger charge is 2.31. The van der Waals surface area contributed by atoms with Gasteiger partial charge in [0.2, 0.25) is 0 Å². The van der Waals surface area contributed by atoms with E-state index in [2.05, 4.69) is 29.1 Å². The maximum absolute atomic E-state index is 11.2. The molecule has 68 valence electrons. The van der Waals surface area contributed by atoms with Crippen LogP contribution in [0.15, 0.2) is 25.3 Å². The van der Waals surface area contributed by atoms with Crippen LogP contribution >= 0.6 is 15.9 Å². The van der Waals surface area contributed by atoms with E-state index in [0.29, 0.717) is 0 Å². The van der Waals surface area contributed by atoms with Gasteiger partial charge < -0.3 is 5.11 Å². The van der Waals surface area contributed by atoms with Gasteiger partial charge >= 0.3 is 0 Å². The summed E-state index contributed by atoms with van der Waals surface area (Å²) in [5.41, 5.74) is -1.31. The molecule has 0 aromatic rings. The Balaban J connectivity index is 4.46. The number of rotatable bonds is 6. The number of Topliss-reactive ketones (excluding diaryl/α,β-unsaturated/α-hetero) is 1. The smallest absolute Gasteiger partial charge is 0.175 e. The molecule has 0 spiro atoms. The Labute approximate surface area is 81.1 Å². The number of ketones is 1. The minimum Gasteiger partial charge on any atom is -0.381 e. The fraction of sp³-hybridized carbons (Fsp3) is 0.444. The average Bonchev–Trinajstić information content (AvgIpc) is 2.04. The van der Waals surface area contributed by atoms with E-state index in [1.165, 1.54) is 12.2 Å². The highest BCUT2D eigenvalue weighted by atomic mass is 79.9. The van der Waals surface area contributed by atoms with Crippen LogP contribution in [0.1, 0.15) is 12.8 Å². The maximum Gasteiger partial charge on any atom is 0.175 e. The number of halogens is 1. The van der Waals surface area contributed by atoms with Crippen LogP contribution in [-0.2, 0) is 4.79 Å². The zero-order chi connectivity index (χ0) is 9.61. The second kappa shape index (κ2) is 5.27. The third-order valence-corrected chi connectivity index (χ3v) is 2.11. The molecule has 0 rings (SSSR count). The molecular formula is C9H13BrO2. The quantitative estimate of drug-likeness (QED) is 0.561. The maximum atomic E-state index is 11.2. The van der Waals surface area contributed by atoms with Gasteiger partial charge in [0.15, 0.2) is 5.78 Å². The molecule has 0 fully saturated rings. The zero-order valence-electron chi connectivity index (χ0n) is 6.92. The predicted molar refractivity (Wildman–Crippen MR) is 53.4 cm³/mol. The highest BCUT2D eigenvalue weighted by Crippen LogP contribution is 2.18. The van der Waals surface area contributed by atoms with Gasteiger partial charge in [0.25, 0.3) is 0 Å². The van der Waals surface area contributed by atoms with Crippen molar-refractivity contribution in [3.8, 4) is 0 Å². The molecule has 0 aliphatic carbocycles. The normalized spacial score (nSPS) is 10.8. The zero-order valence-corrected chi connectivity index (χ0v) is 8.51. The largest absolute Gasteiger partial charge is 0.381 e. The van der Waals surface area contributed by atoms with Gasteiger partial charge in [0, 0.05) is 12.8 Å². The minimum absolute atomic E-state index is 0.158. The molecular weight excluding hydrogens is 220 g/mol. The topological polar surface area (TPSA) is 37.3 Å². The van der Waals surface area contributed by atoms with Crippen molar-refractivity contribution in [1.29, 1.82) is 0 Å². The summed E-state index contributed by atoms with van der Waals surface area (Å²) >= 11 is 3.01. The molecule has 0 unspecified atom stereocenters. The molecule has 1 N–H and O–H groups in total. The van der Waals surface area contributed by atoms with Gasteiger partial charge in [-0.05, 0) is 0 Å². The summed E-state index contributed by atoms with van der Waals surface area (Å²) in [6.45, 7) is 6.97. The van der Waals surface area contributed by atoms with E-state index < -0.39 is 5.60 Å². The van der Waals surface area contributed by atoms with Crippen LogP contribution in [0.25, 0.3) is 0 Å². The lowest BCUT2D eigenvalue weighted by atomic mass is 9.91. The molecule has 0 atom stereocenters. The van der Waals surface area contributed by atoms with E-state index in [1.807, 2.05) is 0 Å². The minimum atomic E-state index is -1.31. The van der Waals surface area contributed by atoms with Crippen LogP contribution in [-0.4, -0.2) is 21.8 Å². The molecule has 0 aliphatic rings. The number of carbonyl (C=O) groups is 1. The van der Waals surface area contributed by atoms with Crippen molar-refractivity contribution >= 4 is 21.7 Å². The lowest BCUT2D eigenvalue weighted by Gasteiger charge is -2.22. The number of aliphatic hydroxyl groups is 1. The van der Waals surface area contributed by atoms with Crippen LogP contribution in [0.3, 0.4) is 0 Å². The molecule has 0 saturated heterocycles. The van der Waals surface area contributed by atoms with Crippen molar-refractivity contribution in [3.63, 3.8) is 0 Å². The summed E-state index contributed by atoms with van der Waals surface area (Å²) in [6, 6.07) is 0. The average molecular weight is 233 g/mol. The molecule has 0 bridgehead atoms. The molecule has 0 aromatic carbocycles. The van der Waals surface area contributed by atoms with Crippen LogP contribution in [0.2, 0.25) is 0 Å². The van der Waals surface area contributed by atoms with E-state index in [0.717, 1.165) is 0 Å². The molecule has 0 amide bonds. The first-order chi connectivity index (χ1) is 5.60. The van der Waals surface area contributed by atoms with Gasteiger partial charge in [-0.3, -0.25) is 4.79 Å². The summed E-state index contributed by atoms with van der Waals surface area (Å²) in [6.07, 6.45) is 3.60. The highest BCUT2D eigenvalue weighted by molar-refractivity contribution is 9.09. The van der Waals surface area contributed by atoms with E-state index in [1.54, 1.807) is 0 Å². The summed E-state index contributed by atoms with van der Waals surface area (Å²) in [5, 5.41) is 9.92. The van der Waals surface area contributed by atoms with Crippen molar-refractivity contribution in [2.45, 2.75) is 18.4 Å². The van der Waals surface area contributed by atoms with Crippen molar-refractivity contribution in [2.75, 3.05) is 5.33 Å². The van der Waals surface area contributed by atoms with E-state index >= 15 is 0 Å². The third-order valence-electron chi connectivity index (χ3n) is 1.60. The Morgan fingerprint density at radius 3 is 2.08 bits per heavy atom. The van der Waals surface area contributed by atoms with Crippen LogP contribution in [0.5, 0.6) is 0 Å². The third kappa shape index (κ3) is 2.91. The SMILES string of the molecule is C=CCC(O)(CC=C)C(=O)CBr. The van der Waals surface area contributed by atoms with Gasteiger partial charge in [-0.2, -0.15) is 0 Å². The van der Waals surface area contributed by atoms with Crippen molar-refractivity contribution < 1.29 is 9.90 Å². The fourth-order valence-electron chi connectivity index (χ4n) is 0.913. The fourth-order valence-corrected chi connectivity index (χ4v) is 1.43. The van der Waals surface area contributed by atoms with E-state index in [9.17, 15) is 9.90 Å². The van der Waals surface area contributed by atoms with Gasteiger partial charge in [-0.1, -0.05) is 28.1 Å². The Bertz CT molecular complexity index is 177. The standard InChI is InChI=1S/C9H13BrO2/c1-3-5-9(12,6-4-2)8(11)7-10/h3-4,12H,1-2,5-7H2. The van der Waals surface area contributed by atoms with E-state index in [4.69, 9.17) is 0 Å². The molecule has 0 saturated carbocycles. The molecule has 0 radical (unpaired) electrons. The molecule has 0 aliphatic heterocycles. The Kier molecular flexibility index (Phi) is 5.09. The number of hydrogen-bond acceptors (Lipinski definition) is 2. The van der Waals surface area contributed by atoms with Crippen molar-refractivity contribution in [1.82, 2.24) is 0 Å². The Hall–Kier alpha value is -0.410. The first kappa shape index (κ1) is 11.6. The summed E-state index contributed by atoms with van der Waals surface area (Å²) in [7, 11) is 0. The van der Waals surface area contributed by atoms with Crippen LogP contribution < -0.4 is 0 Å². The van der Waals surface area contributed by atoms with Crippen LogP contribution in [0, 0.1) is 0 Å². The predicted octanol–water partition coefficient (Wildman–Crippen LogP) is 1.83. The van der Waals surface area contributed by atoms with Crippen LogP contribution in [0.4, 0.5) is 0 Å². The summed E-state index contributed by atoms with van der Waals surface area (Å²) < 4.78 is 0. The van der Waals surface area contributed by atoms with E-state index in [-0.39, 0.29) is 24.0 Å². The first-order valence-corrected chi connectivity index (χ1v) is 4.76. The number of alkyl halides is 1. The van der Waals surface area contributed by atoms with Gasteiger partial charge in [0.05, 0.1) is 5.33 Å². The second-order valence-electron chi connectivity index (χ2n) is 2.57. The van der Waals surface area contributed by atoms with Gasteiger partial charge in [-0.15, -0.1) is 13.2 Å².